The summed E-state index contributed by atoms with van der Waals surface area (Å²) < 4.78 is 28.3. The standard InChI is InChI=1S/C26H43N5O11/c27-12-6-13(28)23(42-25-20(35)18(30)19(34)17(9-32)40-25)21(36)22(12)41-24-14(29)7-15(33)16(39-24)8-31-26(37)38-10-11-4-2-1-3-5-11/h1-5,12-25,32-36H,6-10,27-30H2,(H,31,37)/t12-,13+,14-,15+,16-,17-,18+,19-,20-,21-,22+,23-,24-,25-/m0/s1. The third kappa shape index (κ3) is 7.72. The van der Waals surface area contributed by atoms with E-state index in [-0.39, 0.29) is 26.0 Å². The van der Waals surface area contributed by atoms with E-state index in [0.29, 0.717) is 0 Å². The number of carbonyl (C=O) groups excluding carboxylic acids is 1. The van der Waals surface area contributed by atoms with Gasteiger partial charge in [-0.05, 0) is 18.4 Å². The normalized spacial score (nSPS) is 42.6. The van der Waals surface area contributed by atoms with Crippen molar-refractivity contribution in [2.75, 3.05) is 13.2 Å². The van der Waals surface area contributed by atoms with Crippen molar-refractivity contribution in [2.24, 2.45) is 22.9 Å². The highest BCUT2D eigenvalue weighted by atomic mass is 16.7. The van der Waals surface area contributed by atoms with Gasteiger partial charge < -0.3 is 77.5 Å². The molecule has 14 atom stereocenters. The second-order valence-electron chi connectivity index (χ2n) is 11.0. The molecule has 1 aromatic rings. The van der Waals surface area contributed by atoms with Gasteiger partial charge in [0.2, 0.25) is 0 Å². The van der Waals surface area contributed by atoms with Crippen LogP contribution in [0.15, 0.2) is 30.3 Å². The van der Waals surface area contributed by atoms with Gasteiger partial charge in [0.05, 0.1) is 24.8 Å². The number of alkyl carbamates (subject to hydrolysis) is 1. The zero-order valence-corrected chi connectivity index (χ0v) is 23.0. The van der Waals surface area contributed by atoms with Gasteiger partial charge in [0.1, 0.15) is 49.3 Å². The Bertz CT molecular complexity index is 997. The summed E-state index contributed by atoms with van der Waals surface area (Å²) in [6, 6.07) is 5.56. The molecule has 14 N–H and O–H groups in total. The Kier molecular flexibility index (Phi) is 11.5. The summed E-state index contributed by atoms with van der Waals surface area (Å²) in [7, 11) is 0. The molecule has 16 nitrogen and oxygen atoms in total. The van der Waals surface area contributed by atoms with Gasteiger partial charge in [-0.2, -0.15) is 0 Å². The zero-order chi connectivity index (χ0) is 30.6. The molecule has 0 unspecified atom stereocenters. The Morgan fingerprint density at radius 1 is 0.833 bits per heavy atom. The summed E-state index contributed by atoms with van der Waals surface area (Å²) >= 11 is 0. The van der Waals surface area contributed by atoms with Crippen molar-refractivity contribution < 1.29 is 54.0 Å². The van der Waals surface area contributed by atoms with Crippen LogP contribution in [-0.2, 0) is 30.3 Å². The maximum absolute atomic E-state index is 12.2. The van der Waals surface area contributed by atoms with Crippen LogP contribution in [0.25, 0.3) is 0 Å². The van der Waals surface area contributed by atoms with E-state index in [9.17, 15) is 30.3 Å². The number of carbonyl (C=O) groups is 1. The van der Waals surface area contributed by atoms with Crippen LogP contribution in [0.4, 0.5) is 4.79 Å². The van der Waals surface area contributed by atoms with Gasteiger partial charge in [0.15, 0.2) is 12.6 Å². The quantitative estimate of drug-likeness (QED) is 0.128. The maximum atomic E-state index is 12.2. The van der Waals surface area contributed by atoms with Crippen LogP contribution in [0.5, 0.6) is 0 Å². The van der Waals surface area contributed by atoms with Crippen molar-refractivity contribution in [1.29, 1.82) is 0 Å². The molecular formula is C26H43N5O11. The summed E-state index contributed by atoms with van der Waals surface area (Å²) in [5.74, 6) is 0. The number of nitrogens with one attached hydrogen (secondary N) is 1. The van der Waals surface area contributed by atoms with Gasteiger partial charge in [0, 0.05) is 18.6 Å². The Morgan fingerprint density at radius 3 is 2.10 bits per heavy atom. The third-order valence-corrected chi connectivity index (χ3v) is 7.84. The van der Waals surface area contributed by atoms with Gasteiger partial charge in [-0.3, -0.25) is 0 Å². The number of amides is 1. The van der Waals surface area contributed by atoms with E-state index in [2.05, 4.69) is 5.32 Å². The number of ether oxygens (including phenoxy) is 5. The van der Waals surface area contributed by atoms with Crippen molar-refractivity contribution in [3.63, 3.8) is 0 Å². The lowest BCUT2D eigenvalue weighted by atomic mass is 9.84. The Balaban J connectivity index is 1.34. The van der Waals surface area contributed by atoms with Crippen LogP contribution in [0.3, 0.4) is 0 Å². The molecule has 3 aliphatic rings. The molecule has 42 heavy (non-hydrogen) atoms. The number of nitrogens with two attached hydrogens (primary N) is 4. The predicted molar refractivity (Wildman–Crippen MR) is 144 cm³/mol. The van der Waals surface area contributed by atoms with E-state index in [4.69, 9.17) is 46.6 Å². The van der Waals surface area contributed by atoms with Crippen LogP contribution < -0.4 is 28.3 Å². The van der Waals surface area contributed by atoms with Crippen molar-refractivity contribution in [2.45, 2.75) is 105 Å². The minimum Gasteiger partial charge on any atom is -0.445 e. The first-order valence-corrected chi connectivity index (χ1v) is 13.9. The van der Waals surface area contributed by atoms with Gasteiger partial charge in [0.25, 0.3) is 0 Å². The van der Waals surface area contributed by atoms with E-state index in [1.54, 1.807) is 0 Å². The molecule has 238 valence electrons. The summed E-state index contributed by atoms with van der Waals surface area (Å²) in [5.41, 5.74) is 25.3. The zero-order valence-electron chi connectivity index (χ0n) is 23.0. The van der Waals surface area contributed by atoms with Gasteiger partial charge >= 0.3 is 6.09 Å². The molecule has 1 aromatic carbocycles. The third-order valence-electron chi connectivity index (χ3n) is 7.84. The number of aliphatic hydroxyl groups excluding tert-OH is 5. The van der Waals surface area contributed by atoms with Gasteiger partial charge in [-0.25, -0.2) is 4.79 Å². The van der Waals surface area contributed by atoms with E-state index < -0.39 is 98.3 Å². The molecule has 0 bridgehead atoms. The lowest BCUT2D eigenvalue weighted by Crippen LogP contribution is -2.68. The number of benzene rings is 1. The molecule has 2 aliphatic heterocycles. The Labute approximate surface area is 242 Å². The predicted octanol–water partition coefficient (Wildman–Crippen LogP) is -4.33. The second-order valence-corrected chi connectivity index (χ2v) is 11.0. The van der Waals surface area contributed by atoms with E-state index in [1.807, 2.05) is 30.3 Å². The molecule has 1 saturated carbocycles. The van der Waals surface area contributed by atoms with Crippen LogP contribution in [-0.4, -0.2) is 130 Å². The molecule has 3 fully saturated rings. The molecule has 0 aromatic heterocycles. The lowest BCUT2D eigenvalue weighted by molar-refractivity contribution is -0.315. The molecule has 4 rings (SSSR count). The highest BCUT2D eigenvalue weighted by molar-refractivity contribution is 5.67. The van der Waals surface area contributed by atoms with Crippen molar-refractivity contribution in [3.8, 4) is 0 Å². The van der Waals surface area contributed by atoms with E-state index in [1.165, 1.54) is 0 Å². The molecule has 1 amide bonds. The van der Waals surface area contributed by atoms with Crippen LogP contribution in [0.1, 0.15) is 18.4 Å². The van der Waals surface area contributed by atoms with Crippen LogP contribution in [0.2, 0.25) is 0 Å². The largest absolute Gasteiger partial charge is 0.445 e. The van der Waals surface area contributed by atoms with Crippen molar-refractivity contribution in [3.05, 3.63) is 35.9 Å². The number of aliphatic hydroxyl groups is 5. The van der Waals surface area contributed by atoms with E-state index >= 15 is 0 Å². The molecule has 2 heterocycles. The molecule has 2 saturated heterocycles. The fraction of sp³-hybridized carbons (Fsp3) is 0.731. The van der Waals surface area contributed by atoms with Crippen LogP contribution >= 0.6 is 0 Å². The SMILES string of the molecule is N[C@H]1[C@H](O)[C@H](O[C@@H]2[C@@H](O)[C@H](O[C@@H]3O[C@@H](CNC(=O)OCc4ccccc4)[C@H](O)C[C@@H]3N)[C@@H](N)C[C@H]2N)O[C@@H](CO)[C@@H]1O. The fourth-order valence-electron chi connectivity index (χ4n) is 5.36. The first kappa shape index (κ1) is 32.9. The summed E-state index contributed by atoms with van der Waals surface area (Å²) in [6.07, 6.45) is -12.6. The highest BCUT2D eigenvalue weighted by Crippen LogP contribution is 2.30. The van der Waals surface area contributed by atoms with Crippen molar-refractivity contribution >= 4 is 6.09 Å². The Morgan fingerprint density at radius 2 is 1.45 bits per heavy atom. The molecule has 16 heteroatoms. The minimum atomic E-state index is -1.48. The number of rotatable bonds is 9. The molecule has 0 radical (unpaired) electrons. The smallest absolute Gasteiger partial charge is 0.407 e. The Hall–Kier alpha value is -2.03. The summed E-state index contributed by atoms with van der Waals surface area (Å²) in [5, 5.41) is 54.3. The minimum absolute atomic E-state index is 0.0658. The van der Waals surface area contributed by atoms with Crippen LogP contribution in [0, 0.1) is 0 Å². The molecular weight excluding hydrogens is 558 g/mol. The topological polar surface area (TPSA) is 280 Å². The monoisotopic (exact) mass is 601 g/mol. The average Bonchev–Trinajstić information content (AvgIpc) is 2.97. The lowest BCUT2D eigenvalue weighted by Gasteiger charge is -2.47. The summed E-state index contributed by atoms with van der Waals surface area (Å²) in [6.45, 7) is -0.622. The molecule has 1 aliphatic carbocycles. The first-order chi connectivity index (χ1) is 20.0. The maximum Gasteiger partial charge on any atom is 0.407 e. The number of hydrogen-bond donors (Lipinski definition) is 10. The highest BCUT2D eigenvalue weighted by Gasteiger charge is 2.50. The van der Waals surface area contributed by atoms with E-state index in [0.717, 1.165) is 5.56 Å². The number of hydrogen-bond acceptors (Lipinski definition) is 15. The molecule has 0 spiro atoms. The second kappa shape index (κ2) is 14.6. The van der Waals surface area contributed by atoms with Gasteiger partial charge in [-0.1, -0.05) is 30.3 Å². The van der Waals surface area contributed by atoms with Gasteiger partial charge in [-0.15, -0.1) is 0 Å². The first-order valence-electron chi connectivity index (χ1n) is 13.9. The van der Waals surface area contributed by atoms with Crippen molar-refractivity contribution in [1.82, 2.24) is 5.32 Å². The average molecular weight is 602 g/mol. The fourth-order valence-corrected chi connectivity index (χ4v) is 5.36. The summed E-state index contributed by atoms with van der Waals surface area (Å²) in [4.78, 5) is 12.2.